The smallest absolute Gasteiger partial charge is 0.330 e. The van der Waals surface area contributed by atoms with Crippen molar-refractivity contribution in [2.45, 2.75) is 69.9 Å². The van der Waals surface area contributed by atoms with Crippen LogP contribution in [0.3, 0.4) is 0 Å². The molecule has 2 aliphatic heterocycles. The number of ether oxygens (including phenoxy) is 2. The second-order valence-corrected chi connectivity index (χ2v) is 13.5. The van der Waals surface area contributed by atoms with Gasteiger partial charge < -0.3 is 29.5 Å². The van der Waals surface area contributed by atoms with E-state index in [0.717, 1.165) is 16.8 Å². The van der Waals surface area contributed by atoms with Gasteiger partial charge >= 0.3 is 24.4 Å². The molecule has 0 spiro atoms. The summed E-state index contributed by atoms with van der Waals surface area (Å²) in [6.45, 7) is 1.21. The van der Waals surface area contributed by atoms with Crippen molar-refractivity contribution >= 4 is 36.0 Å². The topological polar surface area (TPSA) is 227 Å². The number of aliphatic hydroxyl groups is 2. The van der Waals surface area contributed by atoms with E-state index in [1.165, 1.54) is 13.8 Å². The molecule has 16 nitrogen and oxygen atoms in total. The van der Waals surface area contributed by atoms with Gasteiger partial charge in [0.25, 0.3) is 11.5 Å². The number of amides is 3. The highest BCUT2D eigenvalue weighted by molar-refractivity contribution is 8.56. The van der Waals surface area contributed by atoms with Crippen LogP contribution in [0.5, 0.6) is 0 Å². The van der Waals surface area contributed by atoms with Gasteiger partial charge in [-0.3, -0.25) is 33.8 Å². The van der Waals surface area contributed by atoms with Crippen LogP contribution in [0.4, 0.5) is 4.79 Å². The summed E-state index contributed by atoms with van der Waals surface area (Å²) < 4.78 is 30.9. The molecule has 38 heavy (non-hydrogen) atoms. The predicted octanol–water partition coefficient (Wildman–Crippen LogP) is -1.46. The van der Waals surface area contributed by atoms with Crippen LogP contribution in [0.2, 0.25) is 0 Å². The number of aromatic nitrogens is 2. The minimum Gasteiger partial charge on any atom is -0.462 e. The van der Waals surface area contributed by atoms with Crippen molar-refractivity contribution in [2.24, 2.45) is 0 Å². The molecule has 0 saturated carbocycles. The molecule has 2 saturated heterocycles. The van der Waals surface area contributed by atoms with Crippen LogP contribution in [0.25, 0.3) is 0 Å². The lowest BCUT2D eigenvalue weighted by atomic mass is 9.96. The van der Waals surface area contributed by atoms with E-state index in [9.17, 15) is 38.8 Å². The summed E-state index contributed by atoms with van der Waals surface area (Å²) in [6.07, 6.45) is -3.74. The molecule has 7 atom stereocenters. The second kappa shape index (κ2) is 11.7. The van der Waals surface area contributed by atoms with Gasteiger partial charge in [-0.05, 0) is 27.7 Å². The lowest BCUT2D eigenvalue weighted by Gasteiger charge is -2.27. The third kappa shape index (κ3) is 6.91. The number of aliphatic hydroxyl groups excluding tert-OH is 1. The number of esters is 1. The molecule has 0 aromatic carbocycles. The molecule has 1 aromatic rings. The van der Waals surface area contributed by atoms with Crippen LogP contribution in [0.15, 0.2) is 21.9 Å². The number of hydrogen-bond acceptors (Lipinski definition) is 12. The monoisotopic (exact) mass is 579 g/mol. The van der Waals surface area contributed by atoms with E-state index < -0.39 is 84.7 Å². The molecule has 6 N–H and O–H groups in total. The Morgan fingerprint density at radius 3 is 2.58 bits per heavy atom. The van der Waals surface area contributed by atoms with Crippen molar-refractivity contribution in [3.8, 4) is 0 Å². The SMILES string of the molecule is CC(C)OC(=O)[C@@H](C)N[P@](=O)(OCC1OC(n2ccc(=O)[nH]c2=O)[C@](C)(O)[C@@H]1O)SCC1NC(=O)NC1=O. The van der Waals surface area contributed by atoms with Gasteiger partial charge in [0.05, 0.1) is 12.7 Å². The molecule has 1 aromatic heterocycles. The molecule has 18 heteroatoms. The fourth-order valence-corrected chi connectivity index (χ4v) is 7.51. The maximum Gasteiger partial charge on any atom is 0.330 e. The first kappa shape index (κ1) is 30.0. The number of carbonyl (C=O) groups is 3. The van der Waals surface area contributed by atoms with Gasteiger partial charge in [-0.25, -0.2) is 14.7 Å². The summed E-state index contributed by atoms with van der Waals surface area (Å²) in [5, 5.41) is 28.5. The zero-order valence-corrected chi connectivity index (χ0v) is 22.6. The Morgan fingerprint density at radius 2 is 2.00 bits per heavy atom. The first-order valence-electron chi connectivity index (χ1n) is 11.5. The van der Waals surface area contributed by atoms with E-state index in [1.54, 1.807) is 13.8 Å². The van der Waals surface area contributed by atoms with Crippen LogP contribution in [0.1, 0.15) is 33.9 Å². The van der Waals surface area contributed by atoms with E-state index in [0.29, 0.717) is 11.4 Å². The van der Waals surface area contributed by atoms with Crippen molar-refractivity contribution < 1.29 is 43.2 Å². The standard InChI is InChI=1S/C20H30N5O11PS/c1-9(2)35-16(29)10(3)24-37(33,38-8-11-15(28)23-18(30)21-11)34-7-12-14(27)20(4,32)17(36-12)25-6-5-13(26)22-19(25)31/h5-6,9-12,14,17,27,32H,7-8H2,1-4H3,(H,24,33)(H,22,26,31)(H2,21,23,28,30)/t10-,11?,12?,14-,17?,20-,37+/m1/s1. The quantitative estimate of drug-likeness (QED) is 0.100. The first-order chi connectivity index (χ1) is 17.6. The highest BCUT2D eigenvalue weighted by Crippen LogP contribution is 2.57. The molecule has 2 fully saturated rings. The van der Waals surface area contributed by atoms with Gasteiger partial charge in [0, 0.05) is 18.0 Å². The Bertz CT molecular complexity index is 1230. The summed E-state index contributed by atoms with van der Waals surface area (Å²) in [6, 6.07) is -1.82. The van der Waals surface area contributed by atoms with Crippen molar-refractivity contribution in [1.82, 2.24) is 25.3 Å². The third-order valence-corrected chi connectivity index (χ3v) is 9.71. The maximum absolute atomic E-state index is 13.7. The highest BCUT2D eigenvalue weighted by Gasteiger charge is 2.54. The minimum absolute atomic E-state index is 0.199. The number of H-pyrrole nitrogens is 1. The molecule has 3 amide bonds. The molecule has 0 aliphatic carbocycles. The second-order valence-electron chi connectivity index (χ2n) is 9.16. The predicted molar refractivity (Wildman–Crippen MR) is 132 cm³/mol. The third-order valence-electron chi connectivity index (χ3n) is 5.59. The number of urea groups is 1. The van der Waals surface area contributed by atoms with E-state index >= 15 is 0 Å². The number of carbonyl (C=O) groups excluding carboxylic acids is 3. The van der Waals surface area contributed by atoms with E-state index in [-0.39, 0.29) is 5.75 Å². The van der Waals surface area contributed by atoms with Gasteiger partial charge in [0.15, 0.2) is 6.23 Å². The summed E-state index contributed by atoms with van der Waals surface area (Å²) >= 11 is 0.622. The van der Waals surface area contributed by atoms with E-state index in [1.807, 2.05) is 10.3 Å². The number of rotatable bonds is 11. The van der Waals surface area contributed by atoms with E-state index in [2.05, 4.69) is 10.4 Å². The lowest BCUT2D eigenvalue weighted by molar-refractivity contribution is -0.149. The molecule has 0 radical (unpaired) electrons. The van der Waals surface area contributed by atoms with Crippen LogP contribution in [-0.2, 0) is 28.2 Å². The number of aromatic amines is 1. The Morgan fingerprint density at radius 1 is 1.32 bits per heavy atom. The number of hydrogen-bond donors (Lipinski definition) is 6. The Hall–Kier alpha value is -2.53. The molecule has 3 heterocycles. The maximum atomic E-state index is 13.7. The first-order valence-corrected chi connectivity index (χ1v) is 14.7. The largest absolute Gasteiger partial charge is 0.462 e. The molecule has 2 aliphatic rings. The average Bonchev–Trinajstić information content (AvgIpc) is 3.25. The van der Waals surface area contributed by atoms with Crippen LogP contribution in [-0.4, -0.2) is 86.0 Å². The van der Waals surface area contributed by atoms with Gasteiger partial charge in [0.1, 0.15) is 29.9 Å². The molecule has 3 unspecified atom stereocenters. The Balaban J connectivity index is 1.76. The molecular weight excluding hydrogens is 549 g/mol. The fourth-order valence-electron chi connectivity index (χ4n) is 3.65. The number of nitrogens with zero attached hydrogens (tertiary/aromatic N) is 1. The van der Waals surface area contributed by atoms with Crippen molar-refractivity contribution in [3.63, 3.8) is 0 Å². The summed E-state index contributed by atoms with van der Waals surface area (Å²) in [5.74, 6) is -1.57. The normalized spacial score (nSPS) is 29.6. The molecule has 212 valence electrons. The van der Waals surface area contributed by atoms with Crippen molar-refractivity contribution in [1.29, 1.82) is 0 Å². The van der Waals surface area contributed by atoms with Gasteiger partial charge in [-0.1, -0.05) is 11.4 Å². The summed E-state index contributed by atoms with van der Waals surface area (Å²) in [4.78, 5) is 61.2. The molecule has 0 bridgehead atoms. The molecular formula is C20H30N5O11PS. The minimum atomic E-state index is -4.05. The summed E-state index contributed by atoms with van der Waals surface area (Å²) in [7, 11) is 0. The summed E-state index contributed by atoms with van der Waals surface area (Å²) in [5.41, 5.74) is -3.60. The van der Waals surface area contributed by atoms with Gasteiger partial charge in [0.2, 0.25) is 0 Å². The molecule has 3 rings (SSSR count). The van der Waals surface area contributed by atoms with Gasteiger partial charge in [-0.15, -0.1) is 0 Å². The Labute approximate surface area is 220 Å². The zero-order valence-electron chi connectivity index (χ0n) is 20.9. The van der Waals surface area contributed by atoms with Crippen LogP contribution in [0, 0.1) is 0 Å². The fraction of sp³-hybridized carbons (Fsp3) is 0.650. The lowest BCUT2D eigenvalue weighted by Crippen LogP contribution is -2.47. The van der Waals surface area contributed by atoms with Crippen molar-refractivity contribution in [3.05, 3.63) is 33.1 Å². The average molecular weight is 580 g/mol. The van der Waals surface area contributed by atoms with Crippen LogP contribution < -0.4 is 27.0 Å². The highest BCUT2D eigenvalue weighted by atomic mass is 32.7. The van der Waals surface area contributed by atoms with Crippen LogP contribution >= 0.6 is 18.1 Å². The van der Waals surface area contributed by atoms with Crippen molar-refractivity contribution in [2.75, 3.05) is 12.4 Å². The number of imide groups is 1. The number of nitrogens with one attached hydrogen (secondary N) is 4. The van der Waals surface area contributed by atoms with Gasteiger partial charge in [-0.2, -0.15) is 0 Å². The zero-order chi connectivity index (χ0) is 28.4. The van der Waals surface area contributed by atoms with E-state index in [4.69, 9.17) is 14.0 Å². The Kier molecular flexibility index (Phi) is 9.24.